The van der Waals surface area contributed by atoms with E-state index in [1.54, 1.807) is 23.6 Å². The van der Waals surface area contributed by atoms with E-state index in [9.17, 15) is 14.7 Å². The summed E-state index contributed by atoms with van der Waals surface area (Å²) in [5.74, 6) is -0.0211. The maximum absolute atomic E-state index is 12.2. The molecule has 0 aliphatic rings. The van der Waals surface area contributed by atoms with E-state index in [1.165, 1.54) is 30.6 Å². The fourth-order valence-electron chi connectivity index (χ4n) is 1.62. The van der Waals surface area contributed by atoms with Crippen LogP contribution in [-0.2, 0) is 0 Å². The molecule has 0 saturated heterocycles. The molecule has 0 radical (unpaired) electrons. The maximum atomic E-state index is 12.2. The van der Waals surface area contributed by atoms with E-state index in [-0.39, 0.29) is 5.69 Å². The van der Waals surface area contributed by atoms with Crippen molar-refractivity contribution in [1.29, 1.82) is 0 Å². The monoisotopic (exact) mass is 355 g/mol. The maximum Gasteiger partial charge on any atom is 0.419 e. The van der Waals surface area contributed by atoms with Crippen LogP contribution in [0.15, 0.2) is 40.2 Å². The van der Waals surface area contributed by atoms with Crippen molar-refractivity contribution in [2.45, 2.75) is 0 Å². The Morgan fingerprint density at radius 2 is 2.10 bits per heavy atom. The number of imide groups is 1. The van der Waals surface area contributed by atoms with Gasteiger partial charge in [-0.05, 0) is 45.6 Å². The lowest BCUT2D eigenvalue weighted by molar-refractivity contribution is 0.0987. The minimum atomic E-state index is -1.33. The van der Waals surface area contributed by atoms with Crippen molar-refractivity contribution in [1.82, 2.24) is 0 Å². The van der Waals surface area contributed by atoms with Crippen LogP contribution in [-0.4, -0.2) is 24.2 Å². The molecule has 2 aromatic rings. The molecule has 5 nitrogen and oxygen atoms in total. The summed E-state index contributed by atoms with van der Waals surface area (Å²) >= 11 is 4.46. The zero-order chi connectivity index (χ0) is 14.7. The zero-order valence-electron chi connectivity index (χ0n) is 10.4. The second-order valence-electron chi connectivity index (χ2n) is 3.72. The number of methoxy groups -OCH3 is 1. The number of carbonyl (C=O) groups is 2. The summed E-state index contributed by atoms with van der Waals surface area (Å²) in [6.45, 7) is 0. The van der Waals surface area contributed by atoms with Gasteiger partial charge in [0.15, 0.2) is 0 Å². The van der Waals surface area contributed by atoms with Gasteiger partial charge in [-0.3, -0.25) is 4.79 Å². The predicted molar refractivity (Wildman–Crippen MR) is 79.8 cm³/mol. The highest BCUT2D eigenvalue weighted by Gasteiger charge is 2.25. The van der Waals surface area contributed by atoms with Gasteiger partial charge in [-0.25, -0.2) is 9.69 Å². The number of ether oxygens (including phenoxy) is 1. The molecule has 104 valence electrons. The highest BCUT2D eigenvalue weighted by molar-refractivity contribution is 9.10. The summed E-state index contributed by atoms with van der Waals surface area (Å²) in [7, 11) is 1.51. The summed E-state index contributed by atoms with van der Waals surface area (Å²) in [4.78, 5) is 24.7. The lowest BCUT2D eigenvalue weighted by Crippen LogP contribution is -2.35. The molecule has 0 bridgehead atoms. The van der Waals surface area contributed by atoms with Gasteiger partial charge in [-0.15, -0.1) is 11.3 Å². The summed E-state index contributed by atoms with van der Waals surface area (Å²) in [6.07, 6.45) is -1.33. The summed E-state index contributed by atoms with van der Waals surface area (Å²) in [5, 5.41) is 11.0. The van der Waals surface area contributed by atoms with Crippen LogP contribution in [0.2, 0.25) is 0 Å². The largest absolute Gasteiger partial charge is 0.496 e. The van der Waals surface area contributed by atoms with Gasteiger partial charge in [0.05, 0.1) is 22.1 Å². The number of carbonyl (C=O) groups excluding carboxylic acids is 1. The number of nitrogens with zero attached hydrogens (tertiary/aromatic N) is 1. The molecule has 2 amide bonds. The lowest BCUT2D eigenvalue weighted by atomic mass is 10.2. The average Bonchev–Trinajstić information content (AvgIpc) is 2.92. The number of benzene rings is 1. The van der Waals surface area contributed by atoms with Gasteiger partial charge in [0.1, 0.15) is 5.75 Å². The first-order valence-corrected chi connectivity index (χ1v) is 7.16. The van der Waals surface area contributed by atoms with Crippen LogP contribution in [0.4, 0.5) is 10.5 Å². The van der Waals surface area contributed by atoms with E-state index in [2.05, 4.69) is 15.9 Å². The Morgan fingerprint density at radius 1 is 1.35 bits per heavy atom. The molecule has 1 aromatic carbocycles. The molecule has 0 unspecified atom stereocenters. The second kappa shape index (κ2) is 6.06. The van der Waals surface area contributed by atoms with Crippen LogP contribution in [0.1, 0.15) is 9.67 Å². The fraction of sp³-hybridized carbons (Fsp3) is 0.0769. The quantitative estimate of drug-likeness (QED) is 0.907. The first-order valence-electron chi connectivity index (χ1n) is 5.49. The number of hydrogen-bond donors (Lipinski definition) is 1. The molecule has 0 fully saturated rings. The van der Waals surface area contributed by atoms with Crippen LogP contribution in [0.5, 0.6) is 5.75 Å². The van der Waals surface area contributed by atoms with Crippen LogP contribution >= 0.6 is 27.3 Å². The van der Waals surface area contributed by atoms with E-state index < -0.39 is 12.0 Å². The first kappa shape index (κ1) is 14.5. The number of halogens is 1. The number of anilines is 1. The molecular formula is C13H10BrNO4S. The molecule has 20 heavy (non-hydrogen) atoms. The summed E-state index contributed by atoms with van der Waals surface area (Å²) in [6, 6.07) is 7.92. The Hall–Kier alpha value is -1.86. The molecule has 0 saturated carbocycles. The molecule has 0 aliphatic heterocycles. The van der Waals surface area contributed by atoms with Crippen LogP contribution in [0.25, 0.3) is 0 Å². The van der Waals surface area contributed by atoms with Crippen molar-refractivity contribution in [2.75, 3.05) is 12.0 Å². The molecule has 0 aliphatic carbocycles. The van der Waals surface area contributed by atoms with Crippen molar-refractivity contribution in [3.63, 3.8) is 0 Å². The fourth-order valence-corrected chi connectivity index (χ4v) is 2.80. The number of amides is 2. The number of rotatable bonds is 3. The van der Waals surface area contributed by atoms with Crippen molar-refractivity contribution in [3.8, 4) is 5.75 Å². The molecular weight excluding hydrogens is 346 g/mol. The van der Waals surface area contributed by atoms with Crippen molar-refractivity contribution < 1.29 is 19.4 Å². The molecule has 7 heteroatoms. The van der Waals surface area contributed by atoms with Crippen LogP contribution in [0, 0.1) is 0 Å². The predicted octanol–water partition coefficient (Wildman–Crippen LogP) is 3.84. The Kier molecular flexibility index (Phi) is 4.41. The first-order chi connectivity index (χ1) is 9.54. The van der Waals surface area contributed by atoms with Crippen molar-refractivity contribution in [2.24, 2.45) is 0 Å². The van der Waals surface area contributed by atoms with Crippen LogP contribution in [0.3, 0.4) is 0 Å². The molecule has 0 spiro atoms. The van der Waals surface area contributed by atoms with Gasteiger partial charge in [0, 0.05) is 0 Å². The molecule has 2 rings (SSSR count). The minimum Gasteiger partial charge on any atom is -0.496 e. The number of hydrogen-bond acceptors (Lipinski definition) is 4. The second-order valence-corrected chi connectivity index (χ2v) is 5.52. The third-order valence-electron chi connectivity index (χ3n) is 2.52. The highest BCUT2D eigenvalue weighted by Crippen LogP contribution is 2.30. The molecule has 1 N–H and O–H groups in total. The van der Waals surface area contributed by atoms with Gasteiger partial charge in [0.25, 0.3) is 5.91 Å². The zero-order valence-corrected chi connectivity index (χ0v) is 12.8. The van der Waals surface area contributed by atoms with Gasteiger partial charge in [-0.2, -0.15) is 0 Å². The minimum absolute atomic E-state index is 0.253. The summed E-state index contributed by atoms with van der Waals surface area (Å²) in [5.41, 5.74) is 0.253. The smallest absolute Gasteiger partial charge is 0.419 e. The topological polar surface area (TPSA) is 66.8 Å². The van der Waals surface area contributed by atoms with E-state index in [1.807, 2.05) is 0 Å². The van der Waals surface area contributed by atoms with E-state index in [0.29, 0.717) is 20.0 Å². The standard InChI is InChI=1S/C13H10BrNO4S/c1-19-10-5-4-8(7-9(10)14)15(13(17)18)12(16)11-3-2-6-20-11/h2-7H,1H3,(H,17,18). The van der Waals surface area contributed by atoms with Gasteiger partial charge in [0.2, 0.25) is 0 Å². The Bertz CT molecular complexity index is 642. The van der Waals surface area contributed by atoms with Gasteiger partial charge >= 0.3 is 6.09 Å². The van der Waals surface area contributed by atoms with E-state index in [0.717, 1.165) is 0 Å². The third-order valence-corrected chi connectivity index (χ3v) is 4.00. The highest BCUT2D eigenvalue weighted by atomic mass is 79.9. The average molecular weight is 356 g/mol. The summed E-state index contributed by atoms with van der Waals surface area (Å²) < 4.78 is 5.65. The SMILES string of the molecule is COc1ccc(N(C(=O)O)C(=O)c2cccs2)cc1Br. The number of carboxylic acid groups (broad SMARTS) is 1. The Labute approximate surface area is 127 Å². The van der Waals surface area contributed by atoms with Crippen molar-refractivity contribution in [3.05, 3.63) is 45.1 Å². The molecule has 0 atom stereocenters. The number of thiophene rings is 1. The Morgan fingerprint density at radius 3 is 2.60 bits per heavy atom. The normalized spacial score (nSPS) is 10.1. The van der Waals surface area contributed by atoms with Crippen LogP contribution < -0.4 is 9.64 Å². The van der Waals surface area contributed by atoms with Crippen molar-refractivity contribution >= 4 is 45.0 Å². The van der Waals surface area contributed by atoms with E-state index in [4.69, 9.17) is 4.74 Å². The van der Waals surface area contributed by atoms with Gasteiger partial charge < -0.3 is 9.84 Å². The Balaban J connectivity index is 2.41. The van der Waals surface area contributed by atoms with Gasteiger partial charge in [-0.1, -0.05) is 6.07 Å². The third kappa shape index (κ3) is 2.83. The van der Waals surface area contributed by atoms with E-state index >= 15 is 0 Å². The molecule has 1 aromatic heterocycles. The molecule has 1 heterocycles. The lowest BCUT2D eigenvalue weighted by Gasteiger charge is -2.17.